The molecule has 9 atom stereocenters. The standard InChI is InChI=1S/C40H66N8O10/c1-19(2)17-27(43-39(56)32(25(11)49)48-33(50)23(9)41)34(51)45-30(21(5)6)37(54)44-28(18-26-15-13-12-14-16-26)35(52)46-31(22(7)8)38(55)47-29(20(3)4)36(53)42-24(10)40(57)58/h12-16,19-25,27-32,49H,17-18,41H2,1-11H3,(H,42,53)(H,43,56)(H,44,54)(H,45,51)(H,46,52)(H,47,55)(H,48,50)(H,57,58). The van der Waals surface area contributed by atoms with E-state index in [1.807, 2.05) is 13.8 Å². The minimum absolute atomic E-state index is 0.00634. The van der Waals surface area contributed by atoms with E-state index in [9.17, 15) is 48.6 Å². The van der Waals surface area contributed by atoms with Crippen LogP contribution in [0, 0.1) is 23.7 Å². The average molecular weight is 819 g/mol. The number of aliphatic hydroxyl groups is 1. The number of rotatable bonds is 23. The Balaban J connectivity index is 3.39. The lowest BCUT2D eigenvalue weighted by Gasteiger charge is -2.30. The number of carbonyl (C=O) groups excluding carboxylic acids is 7. The molecule has 0 fully saturated rings. The molecule has 0 saturated heterocycles. The number of hydrogen-bond acceptors (Lipinski definition) is 10. The molecule has 0 aliphatic carbocycles. The first-order chi connectivity index (χ1) is 26.9. The lowest BCUT2D eigenvalue weighted by atomic mass is 9.97. The second-order valence-corrected chi connectivity index (χ2v) is 16.2. The first-order valence-electron chi connectivity index (χ1n) is 19.7. The van der Waals surface area contributed by atoms with Crippen LogP contribution in [0.3, 0.4) is 0 Å². The van der Waals surface area contributed by atoms with Gasteiger partial charge in [-0.2, -0.15) is 0 Å². The van der Waals surface area contributed by atoms with Gasteiger partial charge in [0.1, 0.15) is 42.3 Å². The Morgan fingerprint density at radius 1 is 0.517 bits per heavy atom. The molecule has 1 rings (SSSR count). The van der Waals surface area contributed by atoms with Gasteiger partial charge in [-0.1, -0.05) is 85.7 Å². The highest BCUT2D eigenvalue weighted by Crippen LogP contribution is 2.12. The highest BCUT2D eigenvalue weighted by atomic mass is 16.4. The predicted octanol–water partition coefficient (Wildman–Crippen LogP) is -0.531. The third-order valence-corrected chi connectivity index (χ3v) is 9.20. The van der Waals surface area contributed by atoms with Gasteiger partial charge in [0.15, 0.2) is 0 Å². The fourth-order valence-corrected chi connectivity index (χ4v) is 5.70. The molecule has 0 radical (unpaired) electrons. The maximum absolute atomic E-state index is 14.0. The summed E-state index contributed by atoms with van der Waals surface area (Å²) in [6.07, 6.45) is -1.21. The van der Waals surface area contributed by atoms with E-state index < -0.39 is 120 Å². The largest absolute Gasteiger partial charge is 0.480 e. The van der Waals surface area contributed by atoms with Crippen molar-refractivity contribution in [3.8, 4) is 0 Å². The van der Waals surface area contributed by atoms with Crippen molar-refractivity contribution in [1.29, 1.82) is 0 Å². The zero-order chi connectivity index (χ0) is 44.6. The van der Waals surface area contributed by atoms with E-state index in [1.54, 1.807) is 71.9 Å². The quantitative estimate of drug-likeness (QED) is 0.0670. The van der Waals surface area contributed by atoms with Crippen LogP contribution in [-0.4, -0.2) is 112 Å². The normalized spacial score (nSPS) is 16.1. The van der Waals surface area contributed by atoms with Crippen molar-refractivity contribution >= 4 is 47.3 Å². The first kappa shape index (κ1) is 50.9. The maximum Gasteiger partial charge on any atom is 0.325 e. The molecule has 326 valence electrons. The predicted molar refractivity (Wildman–Crippen MR) is 216 cm³/mol. The number of nitrogens with two attached hydrogens (primary N) is 1. The second-order valence-electron chi connectivity index (χ2n) is 16.2. The van der Waals surface area contributed by atoms with Gasteiger partial charge >= 0.3 is 5.97 Å². The number of carbonyl (C=O) groups is 8. The van der Waals surface area contributed by atoms with Crippen molar-refractivity contribution < 1.29 is 48.6 Å². The van der Waals surface area contributed by atoms with Crippen LogP contribution in [0.15, 0.2) is 30.3 Å². The molecule has 1 aromatic carbocycles. The summed E-state index contributed by atoms with van der Waals surface area (Å²) in [5, 5.41) is 37.6. The summed E-state index contributed by atoms with van der Waals surface area (Å²) in [4.78, 5) is 105. The van der Waals surface area contributed by atoms with Gasteiger partial charge in [-0.05, 0) is 56.4 Å². The molecule has 0 aliphatic rings. The summed E-state index contributed by atoms with van der Waals surface area (Å²) in [7, 11) is 0. The molecule has 18 heteroatoms. The van der Waals surface area contributed by atoms with Crippen molar-refractivity contribution in [1.82, 2.24) is 37.2 Å². The number of carboxylic acids is 1. The minimum Gasteiger partial charge on any atom is -0.480 e. The zero-order valence-electron chi connectivity index (χ0n) is 35.5. The van der Waals surface area contributed by atoms with Crippen molar-refractivity contribution in [2.45, 2.75) is 143 Å². The van der Waals surface area contributed by atoms with E-state index in [2.05, 4.69) is 37.2 Å². The van der Waals surface area contributed by atoms with Crippen molar-refractivity contribution in [3.05, 3.63) is 35.9 Å². The topological polar surface area (TPSA) is 287 Å². The minimum atomic E-state index is -1.42. The fraction of sp³-hybridized carbons (Fsp3) is 0.650. The highest BCUT2D eigenvalue weighted by molar-refractivity contribution is 5.98. The van der Waals surface area contributed by atoms with Crippen molar-refractivity contribution in [2.75, 3.05) is 0 Å². The molecule has 1 aromatic rings. The van der Waals surface area contributed by atoms with Gasteiger partial charge in [-0.25, -0.2) is 0 Å². The number of hydrogen-bond donors (Lipinski definition) is 10. The number of aliphatic carboxylic acids is 1. The number of benzene rings is 1. The third kappa shape index (κ3) is 16.8. The second kappa shape index (κ2) is 24.0. The molecule has 18 nitrogen and oxygen atoms in total. The van der Waals surface area contributed by atoms with Gasteiger partial charge in [0.2, 0.25) is 41.4 Å². The van der Waals surface area contributed by atoms with E-state index in [4.69, 9.17) is 5.73 Å². The highest BCUT2D eigenvalue weighted by Gasteiger charge is 2.36. The Hall–Kier alpha value is -5.10. The first-order valence-corrected chi connectivity index (χ1v) is 19.7. The Kier molecular flexibility index (Phi) is 21.0. The van der Waals surface area contributed by atoms with E-state index in [1.165, 1.54) is 20.8 Å². The fourth-order valence-electron chi connectivity index (χ4n) is 5.70. The van der Waals surface area contributed by atoms with E-state index in [0.717, 1.165) is 0 Å². The van der Waals surface area contributed by atoms with Crippen molar-refractivity contribution in [2.24, 2.45) is 29.4 Å². The van der Waals surface area contributed by atoms with E-state index in [-0.39, 0.29) is 18.8 Å². The Labute approximate surface area is 341 Å². The summed E-state index contributed by atoms with van der Waals surface area (Å²) >= 11 is 0. The smallest absolute Gasteiger partial charge is 0.325 e. The number of nitrogens with one attached hydrogen (secondary N) is 7. The Morgan fingerprint density at radius 3 is 1.31 bits per heavy atom. The van der Waals surface area contributed by atoms with E-state index >= 15 is 0 Å². The summed E-state index contributed by atoms with van der Waals surface area (Å²) in [6, 6.07) is -0.780. The van der Waals surface area contributed by atoms with Crippen LogP contribution in [0.5, 0.6) is 0 Å². The van der Waals surface area contributed by atoms with Gasteiger partial charge in [0, 0.05) is 6.42 Å². The molecule has 58 heavy (non-hydrogen) atoms. The lowest BCUT2D eigenvalue weighted by Crippen LogP contribution is -2.62. The van der Waals surface area contributed by atoms with Crippen LogP contribution in [-0.2, 0) is 44.8 Å². The summed E-state index contributed by atoms with van der Waals surface area (Å²) in [5.41, 5.74) is 6.29. The molecule has 0 bridgehead atoms. The Morgan fingerprint density at radius 2 is 0.897 bits per heavy atom. The SMILES string of the molecule is CC(C)CC(NC(=O)C(NC(=O)C(C)N)C(C)O)C(=O)NC(C(=O)NC(Cc1ccccc1)C(=O)NC(C(=O)NC(C(=O)NC(C)C(=O)O)C(C)C)C(C)C)C(C)C. The Bertz CT molecular complexity index is 1570. The van der Waals surface area contributed by atoms with Crippen LogP contribution in [0.1, 0.15) is 88.1 Å². The molecule has 7 amide bonds. The third-order valence-electron chi connectivity index (χ3n) is 9.20. The molecule has 0 heterocycles. The molecule has 0 aliphatic heterocycles. The maximum atomic E-state index is 14.0. The molecule has 9 unspecified atom stereocenters. The van der Waals surface area contributed by atoms with E-state index in [0.29, 0.717) is 5.56 Å². The zero-order valence-corrected chi connectivity index (χ0v) is 35.5. The van der Waals surface area contributed by atoms with Gasteiger partial charge in [-0.15, -0.1) is 0 Å². The van der Waals surface area contributed by atoms with Gasteiger partial charge in [0.25, 0.3) is 0 Å². The lowest BCUT2D eigenvalue weighted by molar-refractivity contribution is -0.142. The molecule has 0 spiro atoms. The monoisotopic (exact) mass is 818 g/mol. The van der Waals surface area contributed by atoms with Crippen LogP contribution < -0.4 is 43.0 Å². The molecule has 11 N–H and O–H groups in total. The molecule has 0 saturated carbocycles. The van der Waals surface area contributed by atoms with Crippen LogP contribution >= 0.6 is 0 Å². The van der Waals surface area contributed by atoms with Gasteiger partial charge in [0.05, 0.1) is 12.1 Å². The number of amides is 7. The summed E-state index contributed by atoms with van der Waals surface area (Å²) < 4.78 is 0. The number of aliphatic hydroxyl groups excluding tert-OH is 1. The van der Waals surface area contributed by atoms with Crippen LogP contribution in [0.2, 0.25) is 0 Å². The molecular weight excluding hydrogens is 752 g/mol. The summed E-state index contributed by atoms with van der Waals surface area (Å²) in [6.45, 7) is 17.7. The average Bonchev–Trinajstić information content (AvgIpc) is 3.12. The summed E-state index contributed by atoms with van der Waals surface area (Å²) in [5.74, 6) is -7.96. The molecular formula is C40H66N8O10. The molecule has 0 aromatic heterocycles. The van der Waals surface area contributed by atoms with Crippen molar-refractivity contribution in [3.63, 3.8) is 0 Å². The van der Waals surface area contributed by atoms with Gasteiger partial charge < -0.3 is 53.2 Å². The number of carboxylic acid groups (broad SMARTS) is 1. The van der Waals surface area contributed by atoms with Crippen LogP contribution in [0.4, 0.5) is 0 Å². The van der Waals surface area contributed by atoms with Crippen LogP contribution in [0.25, 0.3) is 0 Å². The van der Waals surface area contributed by atoms with Gasteiger partial charge in [-0.3, -0.25) is 38.4 Å².